The van der Waals surface area contributed by atoms with Gasteiger partial charge in [-0.1, -0.05) is 12.1 Å². The number of benzene rings is 2. The van der Waals surface area contributed by atoms with Gasteiger partial charge in [-0.15, -0.1) is 0 Å². The molecule has 0 spiro atoms. The predicted octanol–water partition coefficient (Wildman–Crippen LogP) is 3.63. The summed E-state index contributed by atoms with van der Waals surface area (Å²) in [5, 5.41) is 9.00. The number of aryl methyl sites for hydroxylation is 1. The average molecular weight is 366 g/mol. The van der Waals surface area contributed by atoms with E-state index < -0.39 is 0 Å². The Bertz CT molecular complexity index is 1290. The van der Waals surface area contributed by atoms with Gasteiger partial charge in [-0.2, -0.15) is 10.2 Å². The van der Waals surface area contributed by atoms with Crippen LogP contribution in [0.15, 0.2) is 73.4 Å². The van der Waals surface area contributed by atoms with E-state index >= 15 is 0 Å². The van der Waals surface area contributed by atoms with Gasteiger partial charge in [-0.05, 0) is 52.4 Å². The molecule has 3 heterocycles. The lowest BCUT2D eigenvalue weighted by Crippen LogP contribution is -2.12. The van der Waals surface area contributed by atoms with Crippen LogP contribution in [0.2, 0.25) is 0 Å². The highest BCUT2D eigenvalue weighted by atomic mass is 15.1. The maximum absolute atomic E-state index is 6.53. The van der Waals surface area contributed by atoms with E-state index in [1.807, 2.05) is 19.2 Å². The molecule has 0 aliphatic heterocycles. The molecule has 0 bridgehead atoms. The van der Waals surface area contributed by atoms with Crippen molar-refractivity contribution in [1.29, 1.82) is 0 Å². The molecule has 0 radical (unpaired) electrons. The molecule has 3 aromatic heterocycles. The SMILES string of the molecule is Cn1ccc2ccc(-c3cc(C(N)c4ccnnc4)cc4nccnc34)cc21. The maximum atomic E-state index is 6.53. The van der Waals surface area contributed by atoms with Crippen LogP contribution in [0.4, 0.5) is 0 Å². The molecule has 5 aromatic rings. The fourth-order valence-electron chi connectivity index (χ4n) is 3.60. The summed E-state index contributed by atoms with van der Waals surface area (Å²) < 4.78 is 2.12. The molecule has 5 rings (SSSR count). The lowest BCUT2D eigenvalue weighted by Gasteiger charge is -2.15. The first-order valence-corrected chi connectivity index (χ1v) is 9.03. The molecule has 1 unspecified atom stereocenters. The van der Waals surface area contributed by atoms with Gasteiger partial charge in [0.15, 0.2) is 0 Å². The highest BCUT2D eigenvalue weighted by Crippen LogP contribution is 2.33. The lowest BCUT2D eigenvalue weighted by molar-refractivity contribution is 0.847. The molecule has 2 aromatic carbocycles. The molecule has 6 heteroatoms. The highest BCUT2D eigenvalue weighted by molar-refractivity contribution is 5.95. The molecular weight excluding hydrogens is 348 g/mol. The minimum atomic E-state index is -0.320. The maximum Gasteiger partial charge on any atom is 0.0965 e. The van der Waals surface area contributed by atoms with Crippen molar-refractivity contribution in [3.05, 3.63) is 84.6 Å². The van der Waals surface area contributed by atoms with Gasteiger partial charge in [0.2, 0.25) is 0 Å². The number of hydrogen-bond donors (Lipinski definition) is 1. The van der Waals surface area contributed by atoms with Crippen molar-refractivity contribution in [2.75, 3.05) is 0 Å². The molecule has 2 N–H and O–H groups in total. The van der Waals surface area contributed by atoms with Crippen molar-refractivity contribution in [2.24, 2.45) is 12.8 Å². The second-order valence-electron chi connectivity index (χ2n) is 6.85. The first-order valence-electron chi connectivity index (χ1n) is 9.03. The fraction of sp³-hybridized carbons (Fsp3) is 0.0909. The summed E-state index contributed by atoms with van der Waals surface area (Å²) in [7, 11) is 2.05. The first-order chi connectivity index (χ1) is 13.7. The third-order valence-electron chi connectivity index (χ3n) is 5.12. The minimum absolute atomic E-state index is 0.320. The van der Waals surface area contributed by atoms with E-state index in [2.05, 4.69) is 61.3 Å². The van der Waals surface area contributed by atoms with Gasteiger partial charge in [-0.25, -0.2) is 0 Å². The van der Waals surface area contributed by atoms with Crippen molar-refractivity contribution in [1.82, 2.24) is 24.7 Å². The van der Waals surface area contributed by atoms with E-state index in [0.29, 0.717) is 0 Å². The Labute approximate surface area is 161 Å². The molecular formula is C22H18N6. The molecule has 28 heavy (non-hydrogen) atoms. The average Bonchev–Trinajstić information content (AvgIpc) is 3.13. The third kappa shape index (κ3) is 2.71. The van der Waals surface area contributed by atoms with Crippen LogP contribution in [0.25, 0.3) is 33.1 Å². The van der Waals surface area contributed by atoms with Crippen LogP contribution in [0.1, 0.15) is 17.2 Å². The van der Waals surface area contributed by atoms with Gasteiger partial charge in [0.05, 0.1) is 23.3 Å². The smallest absolute Gasteiger partial charge is 0.0965 e. The Morgan fingerprint density at radius 2 is 1.79 bits per heavy atom. The van der Waals surface area contributed by atoms with Crippen LogP contribution in [-0.4, -0.2) is 24.7 Å². The number of nitrogens with zero attached hydrogens (tertiary/aromatic N) is 5. The first kappa shape index (κ1) is 16.5. The summed E-state index contributed by atoms with van der Waals surface area (Å²) in [6, 6.07) is 14.2. The molecule has 1 atom stereocenters. The summed E-state index contributed by atoms with van der Waals surface area (Å²) >= 11 is 0. The van der Waals surface area contributed by atoms with Crippen LogP contribution in [0.3, 0.4) is 0 Å². The second kappa shape index (κ2) is 6.51. The zero-order valence-corrected chi connectivity index (χ0v) is 15.3. The van der Waals surface area contributed by atoms with E-state index in [1.54, 1.807) is 24.8 Å². The van der Waals surface area contributed by atoms with Crippen molar-refractivity contribution < 1.29 is 0 Å². The highest BCUT2D eigenvalue weighted by Gasteiger charge is 2.15. The predicted molar refractivity (Wildman–Crippen MR) is 110 cm³/mol. The number of hydrogen-bond acceptors (Lipinski definition) is 5. The molecule has 0 saturated carbocycles. The van der Waals surface area contributed by atoms with Gasteiger partial charge >= 0.3 is 0 Å². The van der Waals surface area contributed by atoms with Crippen molar-refractivity contribution in [3.8, 4) is 11.1 Å². The van der Waals surface area contributed by atoms with Crippen LogP contribution < -0.4 is 5.73 Å². The Balaban J connectivity index is 1.73. The molecule has 136 valence electrons. The van der Waals surface area contributed by atoms with Crippen LogP contribution >= 0.6 is 0 Å². The number of rotatable bonds is 3. The van der Waals surface area contributed by atoms with Crippen molar-refractivity contribution in [3.63, 3.8) is 0 Å². The molecule has 0 amide bonds. The molecule has 0 fully saturated rings. The van der Waals surface area contributed by atoms with Gasteiger partial charge in [-0.3, -0.25) is 9.97 Å². The Morgan fingerprint density at radius 3 is 2.64 bits per heavy atom. The lowest BCUT2D eigenvalue weighted by atomic mass is 9.95. The summed E-state index contributed by atoms with van der Waals surface area (Å²) in [4.78, 5) is 9.11. The van der Waals surface area contributed by atoms with E-state index in [4.69, 9.17) is 5.73 Å². The second-order valence-corrected chi connectivity index (χ2v) is 6.85. The summed E-state index contributed by atoms with van der Waals surface area (Å²) in [6.45, 7) is 0. The Hall–Kier alpha value is -3.64. The van der Waals surface area contributed by atoms with E-state index in [1.165, 1.54) is 10.9 Å². The molecule has 0 aliphatic carbocycles. The molecule has 6 nitrogen and oxygen atoms in total. The monoisotopic (exact) mass is 366 g/mol. The Morgan fingerprint density at radius 1 is 0.893 bits per heavy atom. The third-order valence-corrected chi connectivity index (χ3v) is 5.12. The number of fused-ring (bicyclic) bond motifs is 2. The number of aromatic nitrogens is 5. The fourth-order valence-corrected chi connectivity index (χ4v) is 3.60. The largest absolute Gasteiger partial charge is 0.351 e. The zero-order chi connectivity index (χ0) is 19.1. The quantitative estimate of drug-likeness (QED) is 0.527. The summed E-state index contributed by atoms with van der Waals surface area (Å²) in [5.74, 6) is 0. The summed E-state index contributed by atoms with van der Waals surface area (Å²) in [5.41, 5.74) is 13.3. The molecule has 0 saturated heterocycles. The zero-order valence-electron chi connectivity index (χ0n) is 15.3. The van der Waals surface area contributed by atoms with E-state index in [-0.39, 0.29) is 6.04 Å². The van der Waals surface area contributed by atoms with Gasteiger partial charge < -0.3 is 10.3 Å². The van der Waals surface area contributed by atoms with Gasteiger partial charge in [0.25, 0.3) is 0 Å². The topological polar surface area (TPSA) is 82.5 Å². The minimum Gasteiger partial charge on any atom is -0.351 e. The summed E-state index contributed by atoms with van der Waals surface area (Å²) in [6.07, 6.45) is 8.84. The van der Waals surface area contributed by atoms with Gasteiger partial charge in [0.1, 0.15) is 0 Å². The Kier molecular flexibility index (Phi) is 3.84. The van der Waals surface area contributed by atoms with E-state index in [9.17, 15) is 0 Å². The molecule has 0 aliphatic rings. The van der Waals surface area contributed by atoms with Crippen LogP contribution in [0.5, 0.6) is 0 Å². The number of nitrogens with two attached hydrogens (primary N) is 1. The van der Waals surface area contributed by atoms with E-state index in [0.717, 1.165) is 33.3 Å². The van der Waals surface area contributed by atoms with Crippen LogP contribution in [-0.2, 0) is 7.05 Å². The van der Waals surface area contributed by atoms with Gasteiger partial charge in [0, 0.05) is 42.9 Å². The normalized spacial score (nSPS) is 12.5. The van der Waals surface area contributed by atoms with Crippen molar-refractivity contribution >= 4 is 21.9 Å². The van der Waals surface area contributed by atoms with Crippen molar-refractivity contribution in [2.45, 2.75) is 6.04 Å². The van der Waals surface area contributed by atoms with Crippen LogP contribution in [0, 0.1) is 0 Å². The standard InChI is InChI=1S/C22H18N6/c1-28-9-5-14-2-3-15(12-20(14)28)18-10-17(11-19-22(18)25-8-7-24-19)21(23)16-4-6-26-27-13-16/h2-13,21H,23H2,1H3.